The molecule has 0 spiro atoms. The smallest absolute Gasteiger partial charge is 0.303 e. The summed E-state index contributed by atoms with van der Waals surface area (Å²) in [6.07, 6.45) is 8.27. The maximum atomic E-state index is 14.8. The molecule has 2 N–H and O–H groups in total. The Morgan fingerprint density at radius 2 is 1.90 bits per heavy atom. The first-order valence-electron chi connectivity index (χ1n) is 10.0. The highest BCUT2D eigenvalue weighted by Crippen LogP contribution is 2.33. The topological polar surface area (TPSA) is 78.3 Å². The standard InChI is InChI=1S/C21H24F2N4O2/c22-16-8-14(18-10-24-11-19(26-18)25-15-3-1-2-4-15)9-17(23)21(16)27-6-5-13(12-27)7-20(28)29/h8-11,13,15H,1-7,12H2,(H,25,26)(H,28,29). The number of rotatable bonds is 6. The van der Waals surface area contributed by atoms with Crippen molar-refractivity contribution in [3.05, 3.63) is 36.2 Å². The molecule has 2 aliphatic rings. The third-order valence-electron chi connectivity index (χ3n) is 5.72. The molecular weight excluding hydrogens is 378 g/mol. The van der Waals surface area contributed by atoms with Gasteiger partial charge in [-0.1, -0.05) is 12.8 Å². The number of nitrogens with zero attached hydrogens (tertiary/aromatic N) is 3. The van der Waals surface area contributed by atoms with E-state index in [-0.39, 0.29) is 18.0 Å². The number of anilines is 2. The first kappa shape index (κ1) is 19.5. The number of carbonyl (C=O) groups is 1. The fourth-order valence-corrected chi connectivity index (χ4v) is 4.32. The van der Waals surface area contributed by atoms with Crippen molar-refractivity contribution in [1.82, 2.24) is 9.97 Å². The van der Waals surface area contributed by atoms with Crippen LogP contribution in [0.15, 0.2) is 24.5 Å². The summed E-state index contributed by atoms with van der Waals surface area (Å²) in [7, 11) is 0. The summed E-state index contributed by atoms with van der Waals surface area (Å²) in [6, 6.07) is 2.91. The van der Waals surface area contributed by atoms with E-state index >= 15 is 0 Å². The van der Waals surface area contributed by atoms with Crippen LogP contribution in [0.25, 0.3) is 11.3 Å². The molecule has 1 aromatic heterocycles. The lowest BCUT2D eigenvalue weighted by Gasteiger charge is -2.20. The first-order valence-corrected chi connectivity index (χ1v) is 10.0. The van der Waals surface area contributed by atoms with Gasteiger partial charge >= 0.3 is 5.97 Å². The molecule has 8 heteroatoms. The van der Waals surface area contributed by atoms with Crippen molar-refractivity contribution < 1.29 is 18.7 Å². The number of hydrogen-bond donors (Lipinski definition) is 2. The molecule has 1 aliphatic carbocycles. The quantitative estimate of drug-likeness (QED) is 0.758. The monoisotopic (exact) mass is 402 g/mol. The summed E-state index contributed by atoms with van der Waals surface area (Å²) >= 11 is 0. The average molecular weight is 402 g/mol. The van der Waals surface area contributed by atoms with E-state index in [0.717, 1.165) is 12.8 Å². The Morgan fingerprint density at radius 3 is 2.59 bits per heavy atom. The van der Waals surface area contributed by atoms with Crippen molar-refractivity contribution in [2.24, 2.45) is 5.92 Å². The van der Waals surface area contributed by atoms with E-state index in [4.69, 9.17) is 5.11 Å². The van der Waals surface area contributed by atoms with E-state index in [1.807, 2.05) is 0 Å². The van der Waals surface area contributed by atoms with Gasteiger partial charge in [0.2, 0.25) is 0 Å². The molecule has 0 radical (unpaired) electrons. The second-order valence-corrected chi connectivity index (χ2v) is 7.90. The Bertz CT molecular complexity index is 879. The van der Waals surface area contributed by atoms with E-state index in [1.54, 1.807) is 11.1 Å². The predicted molar refractivity (Wildman–Crippen MR) is 106 cm³/mol. The van der Waals surface area contributed by atoms with Crippen LogP contribution in [0.4, 0.5) is 20.3 Å². The van der Waals surface area contributed by atoms with Crippen molar-refractivity contribution in [2.45, 2.75) is 44.6 Å². The molecule has 1 unspecified atom stereocenters. The van der Waals surface area contributed by atoms with Crippen molar-refractivity contribution in [3.8, 4) is 11.3 Å². The highest BCUT2D eigenvalue weighted by molar-refractivity contribution is 5.68. The van der Waals surface area contributed by atoms with Gasteiger partial charge in [-0.15, -0.1) is 0 Å². The highest BCUT2D eigenvalue weighted by Gasteiger charge is 2.28. The highest BCUT2D eigenvalue weighted by atomic mass is 19.1. The molecule has 1 atom stereocenters. The lowest BCUT2D eigenvalue weighted by atomic mass is 10.1. The van der Waals surface area contributed by atoms with Gasteiger partial charge in [0, 0.05) is 31.1 Å². The first-order chi connectivity index (χ1) is 14.0. The molecule has 2 heterocycles. The molecule has 2 aromatic rings. The molecular formula is C21H24F2N4O2. The van der Waals surface area contributed by atoms with Gasteiger partial charge in [0.25, 0.3) is 0 Å². The summed E-state index contributed by atoms with van der Waals surface area (Å²) in [5, 5.41) is 12.3. The van der Waals surface area contributed by atoms with Crippen molar-refractivity contribution in [3.63, 3.8) is 0 Å². The van der Waals surface area contributed by atoms with Crippen molar-refractivity contribution >= 4 is 17.5 Å². The zero-order chi connectivity index (χ0) is 20.4. The van der Waals surface area contributed by atoms with Crippen LogP contribution >= 0.6 is 0 Å². The Morgan fingerprint density at radius 1 is 1.17 bits per heavy atom. The summed E-state index contributed by atoms with van der Waals surface area (Å²) in [5.41, 5.74) is 0.630. The average Bonchev–Trinajstić information content (AvgIpc) is 3.33. The van der Waals surface area contributed by atoms with E-state index in [0.29, 0.717) is 42.6 Å². The van der Waals surface area contributed by atoms with Gasteiger partial charge in [0.05, 0.1) is 18.1 Å². The zero-order valence-corrected chi connectivity index (χ0v) is 16.1. The normalized spacial score (nSPS) is 19.7. The minimum atomic E-state index is -0.891. The lowest BCUT2D eigenvalue weighted by molar-refractivity contribution is -0.137. The fraction of sp³-hybridized carbons (Fsp3) is 0.476. The Kier molecular flexibility index (Phi) is 5.60. The molecule has 1 saturated heterocycles. The van der Waals surface area contributed by atoms with Crippen LogP contribution in [0.2, 0.25) is 0 Å². The van der Waals surface area contributed by atoms with Crippen LogP contribution in [0.3, 0.4) is 0 Å². The van der Waals surface area contributed by atoms with Crippen LogP contribution in [-0.2, 0) is 4.79 Å². The van der Waals surface area contributed by atoms with E-state index in [2.05, 4.69) is 15.3 Å². The molecule has 4 rings (SSSR count). The van der Waals surface area contributed by atoms with Gasteiger partial charge in [0.1, 0.15) is 23.1 Å². The second kappa shape index (κ2) is 8.31. The number of carboxylic acid groups (broad SMARTS) is 1. The van der Waals surface area contributed by atoms with E-state index < -0.39 is 17.6 Å². The third-order valence-corrected chi connectivity index (χ3v) is 5.72. The van der Waals surface area contributed by atoms with E-state index in [9.17, 15) is 13.6 Å². The van der Waals surface area contributed by atoms with Gasteiger partial charge in [-0.05, 0) is 37.3 Å². The maximum Gasteiger partial charge on any atom is 0.303 e. The number of benzene rings is 1. The van der Waals surface area contributed by atoms with Gasteiger partial charge < -0.3 is 15.3 Å². The second-order valence-electron chi connectivity index (χ2n) is 7.90. The van der Waals surface area contributed by atoms with E-state index in [1.165, 1.54) is 31.2 Å². The summed E-state index contributed by atoms with van der Waals surface area (Å²) in [6.45, 7) is 0.770. The molecule has 154 valence electrons. The number of aliphatic carboxylic acids is 1. The number of halogens is 2. The van der Waals surface area contributed by atoms with Crippen molar-refractivity contribution in [1.29, 1.82) is 0 Å². The Balaban J connectivity index is 1.53. The summed E-state index contributed by atoms with van der Waals surface area (Å²) in [4.78, 5) is 21.1. The molecule has 1 aromatic carbocycles. The molecule has 6 nitrogen and oxygen atoms in total. The van der Waals surface area contributed by atoms with Crippen LogP contribution in [0, 0.1) is 17.6 Å². The van der Waals surface area contributed by atoms with Gasteiger partial charge in [-0.25, -0.2) is 13.8 Å². The fourth-order valence-electron chi connectivity index (χ4n) is 4.32. The summed E-state index contributed by atoms with van der Waals surface area (Å²) in [5.74, 6) is -1.73. The number of aromatic nitrogens is 2. The molecule has 0 amide bonds. The zero-order valence-electron chi connectivity index (χ0n) is 16.1. The minimum absolute atomic E-state index is 0.00813. The number of carboxylic acids is 1. The van der Waals surface area contributed by atoms with Gasteiger partial charge in [-0.2, -0.15) is 0 Å². The molecule has 29 heavy (non-hydrogen) atoms. The van der Waals surface area contributed by atoms with Crippen LogP contribution in [-0.4, -0.2) is 40.2 Å². The van der Waals surface area contributed by atoms with Gasteiger partial charge in [-0.3, -0.25) is 9.78 Å². The Labute approximate surface area is 168 Å². The molecule has 2 fully saturated rings. The molecule has 0 bridgehead atoms. The van der Waals surface area contributed by atoms with Crippen molar-refractivity contribution in [2.75, 3.05) is 23.3 Å². The Hall–Kier alpha value is -2.77. The number of hydrogen-bond acceptors (Lipinski definition) is 5. The van der Waals surface area contributed by atoms with Crippen LogP contribution in [0.5, 0.6) is 0 Å². The molecule has 1 saturated carbocycles. The summed E-state index contributed by atoms with van der Waals surface area (Å²) < 4.78 is 29.6. The maximum absolute atomic E-state index is 14.8. The third kappa shape index (κ3) is 4.46. The van der Waals surface area contributed by atoms with Crippen LogP contribution in [0.1, 0.15) is 38.5 Å². The van der Waals surface area contributed by atoms with Gasteiger partial charge in [0.15, 0.2) is 0 Å². The van der Waals surface area contributed by atoms with Crippen LogP contribution < -0.4 is 10.2 Å². The largest absolute Gasteiger partial charge is 0.481 e. The predicted octanol–water partition coefficient (Wildman–Crippen LogP) is 4.08. The molecule has 1 aliphatic heterocycles. The minimum Gasteiger partial charge on any atom is -0.481 e. The lowest BCUT2D eigenvalue weighted by Crippen LogP contribution is -2.23. The SMILES string of the molecule is O=C(O)CC1CCN(c2c(F)cc(-c3cncc(NC4CCCC4)n3)cc2F)C1. The number of nitrogens with one attached hydrogen (secondary N) is 1.